The summed E-state index contributed by atoms with van der Waals surface area (Å²) < 4.78 is 33.1. The maximum Gasteiger partial charge on any atom is 0.270 e. The molecule has 156 valence electrons. The lowest BCUT2D eigenvalue weighted by Crippen LogP contribution is -2.32. The lowest BCUT2D eigenvalue weighted by atomic mass is 10.2. The molecule has 1 aromatic rings. The maximum absolute atomic E-state index is 14.2. The first-order valence-electron chi connectivity index (χ1n) is 9.65. The van der Waals surface area contributed by atoms with Gasteiger partial charge in [-0.1, -0.05) is 17.7 Å². The third-order valence-electron chi connectivity index (χ3n) is 4.44. The van der Waals surface area contributed by atoms with E-state index in [4.69, 9.17) is 10.3 Å². The molecule has 0 aromatic heterocycles. The topological polar surface area (TPSA) is 93.5 Å². The van der Waals surface area contributed by atoms with Gasteiger partial charge in [0.2, 0.25) is 5.91 Å². The number of nitrogens with one attached hydrogen (secondary N) is 2. The molecular formula is C20H31FN3O3P. The van der Waals surface area contributed by atoms with Crippen molar-refractivity contribution >= 4 is 19.1 Å². The minimum atomic E-state index is -3.02. The van der Waals surface area contributed by atoms with Gasteiger partial charge in [-0.05, 0) is 63.6 Å². The summed E-state index contributed by atoms with van der Waals surface area (Å²) >= 11 is 0. The number of nitrogens with two attached hydrogens (primary N) is 1. The van der Waals surface area contributed by atoms with Crippen LogP contribution in [0.3, 0.4) is 0 Å². The first kappa shape index (κ1) is 22.8. The summed E-state index contributed by atoms with van der Waals surface area (Å²) in [6, 6.07) is 3.64. The molecule has 6 nitrogen and oxygen atoms in total. The third-order valence-corrected chi connectivity index (χ3v) is 6.50. The highest BCUT2D eigenvalue weighted by molar-refractivity contribution is 7.56. The smallest absolute Gasteiger partial charge is 0.270 e. The second-order valence-corrected chi connectivity index (χ2v) is 10.0. The van der Waals surface area contributed by atoms with Crippen molar-refractivity contribution in [2.45, 2.75) is 52.7 Å². The monoisotopic (exact) mass is 411 g/mol. The van der Waals surface area contributed by atoms with Crippen molar-refractivity contribution in [1.29, 1.82) is 0 Å². The minimum absolute atomic E-state index is 0.0300. The van der Waals surface area contributed by atoms with Gasteiger partial charge >= 0.3 is 0 Å². The van der Waals surface area contributed by atoms with Crippen molar-refractivity contribution in [3.63, 3.8) is 0 Å². The predicted octanol–water partition coefficient (Wildman–Crippen LogP) is 4.18. The van der Waals surface area contributed by atoms with Crippen LogP contribution < -0.4 is 16.1 Å². The molecule has 0 heterocycles. The fraction of sp³-hybridized carbons (Fsp3) is 0.550. The summed E-state index contributed by atoms with van der Waals surface area (Å²) in [4.78, 5) is 11.6. The Labute approximate surface area is 166 Å². The van der Waals surface area contributed by atoms with E-state index >= 15 is 0 Å². The van der Waals surface area contributed by atoms with E-state index in [1.165, 1.54) is 24.6 Å². The highest BCUT2D eigenvalue weighted by Gasteiger charge is 2.28. The summed E-state index contributed by atoms with van der Waals surface area (Å²) in [5.41, 5.74) is 7.25. The molecule has 2 rings (SSSR count). The van der Waals surface area contributed by atoms with Crippen LogP contribution in [0, 0.1) is 11.7 Å². The third kappa shape index (κ3) is 7.84. The number of amides is 1. The van der Waals surface area contributed by atoms with Gasteiger partial charge in [0.25, 0.3) is 7.52 Å². The minimum Gasteiger partial charge on any atom is -0.322 e. The molecular weight excluding hydrogens is 380 g/mol. The summed E-state index contributed by atoms with van der Waals surface area (Å²) in [7, 11) is -3.02. The summed E-state index contributed by atoms with van der Waals surface area (Å²) in [6.07, 6.45) is 5.40. The zero-order valence-corrected chi connectivity index (χ0v) is 17.7. The van der Waals surface area contributed by atoms with Gasteiger partial charge < -0.3 is 15.6 Å². The molecule has 0 radical (unpaired) electrons. The number of anilines is 1. The Morgan fingerprint density at radius 3 is 2.71 bits per heavy atom. The number of benzene rings is 1. The van der Waals surface area contributed by atoms with Crippen LogP contribution in [-0.2, 0) is 20.5 Å². The average molecular weight is 411 g/mol. The van der Waals surface area contributed by atoms with Crippen LogP contribution in [0.15, 0.2) is 29.8 Å². The SMILES string of the molecule is CC(C)=CCCP(=O)(NCC1CC1)OCc1ccc(NC(=O)C(C)N)c(F)c1. The Hall–Kier alpha value is -1.53. The molecule has 8 heteroatoms. The summed E-state index contributed by atoms with van der Waals surface area (Å²) in [6.45, 7) is 6.23. The fourth-order valence-electron chi connectivity index (χ4n) is 2.48. The van der Waals surface area contributed by atoms with Gasteiger partial charge in [-0.3, -0.25) is 9.36 Å². The number of carbonyl (C=O) groups excluding carboxylic acids is 1. The van der Waals surface area contributed by atoms with Gasteiger partial charge in [-0.15, -0.1) is 0 Å². The van der Waals surface area contributed by atoms with Crippen molar-refractivity contribution in [1.82, 2.24) is 5.09 Å². The van der Waals surface area contributed by atoms with E-state index in [0.29, 0.717) is 30.6 Å². The van der Waals surface area contributed by atoms with Crippen LogP contribution in [0.2, 0.25) is 0 Å². The van der Waals surface area contributed by atoms with Crippen molar-refractivity contribution < 1.29 is 18.3 Å². The molecule has 1 fully saturated rings. The average Bonchev–Trinajstić information content (AvgIpc) is 3.44. The normalized spacial score (nSPS) is 16.9. The first-order chi connectivity index (χ1) is 13.2. The number of halogens is 1. The van der Waals surface area contributed by atoms with Gasteiger partial charge in [-0.2, -0.15) is 0 Å². The van der Waals surface area contributed by atoms with E-state index in [2.05, 4.69) is 10.4 Å². The Balaban J connectivity index is 1.98. The van der Waals surface area contributed by atoms with Crippen LogP contribution in [0.25, 0.3) is 0 Å². The molecule has 0 bridgehead atoms. The molecule has 1 aliphatic carbocycles. The molecule has 4 N–H and O–H groups in total. The molecule has 2 atom stereocenters. The van der Waals surface area contributed by atoms with Gasteiger partial charge in [0.1, 0.15) is 5.82 Å². The Morgan fingerprint density at radius 2 is 2.14 bits per heavy atom. The first-order valence-corrected chi connectivity index (χ1v) is 11.5. The molecule has 0 spiro atoms. The molecule has 1 aromatic carbocycles. The lowest BCUT2D eigenvalue weighted by Gasteiger charge is -2.20. The largest absolute Gasteiger partial charge is 0.322 e. The van der Waals surface area contributed by atoms with E-state index in [1.54, 1.807) is 6.07 Å². The maximum atomic E-state index is 14.2. The number of rotatable bonds is 11. The van der Waals surface area contributed by atoms with E-state index in [0.717, 1.165) is 12.8 Å². The van der Waals surface area contributed by atoms with Crippen LogP contribution >= 0.6 is 7.52 Å². The van der Waals surface area contributed by atoms with Gasteiger partial charge in [0, 0.05) is 12.7 Å². The molecule has 1 aliphatic rings. The number of hydrogen-bond donors (Lipinski definition) is 3. The van der Waals surface area contributed by atoms with Gasteiger partial charge in [0.05, 0.1) is 18.3 Å². The molecule has 0 aliphatic heterocycles. The van der Waals surface area contributed by atoms with Crippen LogP contribution in [0.4, 0.5) is 10.1 Å². The van der Waals surface area contributed by atoms with Crippen LogP contribution in [0.5, 0.6) is 0 Å². The lowest BCUT2D eigenvalue weighted by molar-refractivity contribution is -0.117. The molecule has 28 heavy (non-hydrogen) atoms. The van der Waals surface area contributed by atoms with E-state index in [-0.39, 0.29) is 12.3 Å². The molecule has 1 saturated carbocycles. The van der Waals surface area contributed by atoms with Crippen molar-refractivity contribution in [2.24, 2.45) is 11.7 Å². The second-order valence-electron chi connectivity index (χ2n) is 7.64. The second kappa shape index (κ2) is 10.3. The van der Waals surface area contributed by atoms with Crippen molar-refractivity contribution in [2.75, 3.05) is 18.0 Å². The number of hydrogen-bond acceptors (Lipinski definition) is 4. The Kier molecular flexibility index (Phi) is 8.38. The van der Waals surface area contributed by atoms with Crippen LogP contribution in [0.1, 0.15) is 45.6 Å². The summed E-state index contributed by atoms with van der Waals surface area (Å²) in [5, 5.41) is 5.54. The van der Waals surface area contributed by atoms with E-state index in [9.17, 15) is 13.8 Å². The zero-order valence-electron chi connectivity index (χ0n) is 16.8. The highest BCUT2D eigenvalue weighted by atomic mass is 31.2. The van der Waals surface area contributed by atoms with E-state index in [1.807, 2.05) is 19.9 Å². The molecule has 0 saturated heterocycles. The molecule has 1 amide bonds. The zero-order chi connectivity index (χ0) is 20.7. The van der Waals surface area contributed by atoms with Gasteiger partial charge in [-0.25, -0.2) is 9.48 Å². The van der Waals surface area contributed by atoms with E-state index < -0.39 is 25.3 Å². The summed E-state index contributed by atoms with van der Waals surface area (Å²) in [5.74, 6) is -0.470. The van der Waals surface area contributed by atoms with Crippen molar-refractivity contribution in [3.05, 3.63) is 41.2 Å². The van der Waals surface area contributed by atoms with Gasteiger partial charge in [0.15, 0.2) is 0 Å². The quantitative estimate of drug-likeness (QED) is 0.375. The number of carbonyl (C=O) groups is 1. The highest BCUT2D eigenvalue weighted by Crippen LogP contribution is 2.45. The Bertz CT molecular complexity index is 759. The fourth-order valence-corrected chi connectivity index (χ4v) is 4.22. The van der Waals surface area contributed by atoms with Crippen molar-refractivity contribution in [3.8, 4) is 0 Å². The Morgan fingerprint density at radius 1 is 1.43 bits per heavy atom. The predicted molar refractivity (Wildman–Crippen MR) is 111 cm³/mol. The standard InChI is InChI=1S/C20H31FN3O3P/c1-14(2)5-4-10-28(26,23-12-16-6-7-16)27-13-17-8-9-19(18(21)11-17)24-20(25)15(3)22/h5,8-9,11,15-16H,4,6-7,10,12-13,22H2,1-3H3,(H,23,26)(H,24,25). The molecule has 2 unspecified atom stereocenters. The van der Waals surface area contributed by atoms with Crippen LogP contribution in [-0.4, -0.2) is 24.7 Å². The number of allylic oxidation sites excluding steroid dienone is 2.